The van der Waals surface area contributed by atoms with Crippen molar-refractivity contribution in [1.82, 2.24) is 0 Å². The summed E-state index contributed by atoms with van der Waals surface area (Å²) in [6.45, 7) is 11.6. The molecule has 6 atom stereocenters. The van der Waals surface area contributed by atoms with Gasteiger partial charge in [0.05, 0.1) is 248 Å². The Kier molecular flexibility index (Phi) is 70.6. The first-order valence-corrected chi connectivity index (χ1v) is 35.1. The van der Waals surface area contributed by atoms with Gasteiger partial charge in [0.2, 0.25) is 0 Å². The molecule has 0 spiro atoms. The molecular weight excluding hydrogens is 1200 g/mol. The van der Waals surface area contributed by atoms with Crippen molar-refractivity contribution in [3.8, 4) is 0 Å². The van der Waals surface area contributed by atoms with Crippen molar-refractivity contribution in [1.29, 1.82) is 0 Å². The lowest BCUT2D eigenvalue weighted by atomic mass is 10.4. The van der Waals surface area contributed by atoms with Gasteiger partial charge in [-0.3, -0.25) is 0 Å². The van der Waals surface area contributed by atoms with Crippen molar-refractivity contribution < 1.29 is 117 Å². The summed E-state index contributed by atoms with van der Waals surface area (Å²) in [5.74, 6) is 7.40. The Balaban J connectivity index is 4.26. The Morgan fingerprint density at radius 1 is 0.244 bits per heavy atom. The van der Waals surface area contributed by atoms with Crippen LogP contribution in [0.3, 0.4) is 0 Å². The number of thioether (sulfide) groups is 6. The summed E-state index contributed by atoms with van der Waals surface area (Å²) < 4.78 is 89.2. The van der Waals surface area contributed by atoms with Crippen LogP contribution in [0.4, 0.5) is 0 Å². The van der Waals surface area contributed by atoms with E-state index in [9.17, 15) is 30.6 Å². The molecule has 30 heteroatoms. The lowest BCUT2D eigenvalue weighted by Gasteiger charge is -2.20. The van der Waals surface area contributed by atoms with Crippen molar-refractivity contribution in [3.63, 3.8) is 0 Å². The van der Waals surface area contributed by atoms with Gasteiger partial charge in [-0.25, -0.2) is 0 Å². The monoisotopic (exact) mass is 1310 g/mol. The fraction of sp³-hybridized carbons (Fsp3) is 1.00. The van der Waals surface area contributed by atoms with Crippen LogP contribution in [0.1, 0.15) is 0 Å². The second-order valence-electron chi connectivity index (χ2n) is 17.6. The van der Waals surface area contributed by atoms with E-state index in [-0.39, 0.29) is 72.7 Å². The molecule has 0 amide bonds. The second-order valence-corrected chi connectivity index (χ2v) is 24.5. The third-order valence-electron chi connectivity index (χ3n) is 9.99. The SMILES string of the molecule is COCCOCC(O)CSCCOCCOCCOCCSCC(O)COC(COCCOCC(O)CSCCOCCOCCOCCSCC(O)CO)COCCOCC(O)CSCCOCCOCCOCCSCC(O)CO. The molecule has 0 aromatic rings. The highest BCUT2D eigenvalue weighted by molar-refractivity contribution is 8.00. The molecule has 6 unspecified atom stereocenters. The first kappa shape index (κ1) is 83.1. The number of hydrogen-bond acceptors (Lipinski definition) is 30. The van der Waals surface area contributed by atoms with Gasteiger partial charge in [0.1, 0.15) is 6.10 Å². The number of hydrogen-bond donors (Lipinski definition) is 8. The van der Waals surface area contributed by atoms with Gasteiger partial charge in [-0.2, -0.15) is 70.6 Å². The molecule has 8 N–H and O–H groups in total. The predicted molar refractivity (Wildman–Crippen MR) is 327 cm³/mol. The minimum absolute atomic E-state index is 0.0819. The van der Waals surface area contributed by atoms with Gasteiger partial charge in [-0.1, -0.05) is 0 Å². The summed E-state index contributed by atoms with van der Waals surface area (Å²) in [5.41, 5.74) is 0. The van der Waals surface area contributed by atoms with Gasteiger partial charge in [0.25, 0.3) is 0 Å². The molecule has 0 saturated heterocycles. The third-order valence-corrected chi connectivity index (χ3v) is 16.4. The van der Waals surface area contributed by atoms with E-state index in [0.717, 1.165) is 28.8 Å². The Hall–Kier alpha value is 1.14. The van der Waals surface area contributed by atoms with Crippen LogP contribution >= 0.6 is 70.6 Å². The van der Waals surface area contributed by atoms with Crippen LogP contribution in [0.2, 0.25) is 0 Å². The van der Waals surface area contributed by atoms with Crippen LogP contribution in [0, 0.1) is 0 Å². The standard InChI is InChI=1S/C52H106O24S6/c1-61-2-3-71-34-48(57)42-79-28-22-67-14-8-64-9-15-70-25-31-82-45-51(60)37-76-52(38-74-18-16-72-35-49(58)43-80-29-23-68-12-6-62-4-10-65-20-26-77-40-46(55)32-53)39-75-19-17-73-36-50(59)44-81-30-24-69-13-7-63-5-11-66-21-27-78-41-47(56)33-54/h46-60H,2-45H2,1H3. The van der Waals surface area contributed by atoms with Crippen LogP contribution in [-0.4, -0.2) is 371 Å². The maximum Gasteiger partial charge on any atom is 0.104 e. The normalized spacial score (nSPS) is 14.6. The van der Waals surface area contributed by atoms with E-state index in [2.05, 4.69) is 0 Å². The Morgan fingerprint density at radius 2 is 0.451 bits per heavy atom. The first-order valence-electron chi connectivity index (χ1n) is 28.2. The van der Waals surface area contributed by atoms with E-state index in [4.69, 9.17) is 86.0 Å². The minimum Gasteiger partial charge on any atom is -0.394 e. The Bertz CT molecular complexity index is 1160. The molecular formula is C52H106O24S6. The highest BCUT2D eigenvalue weighted by atomic mass is 32.2. The first-order chi connectivity index (χ1) is 40.2. The third kappa shape index (κ3) is 67.1. The molecule has 0 aliphatic heterocycles. The smallest absolute Gasteiger partial charge is 0.104 e. The second kappa shape index (κ2) is 69.6. The van der Waals surface area contributed by atoms with Gasteiger partial charge >= 0.3 is 0 Å². The Morgan fingerprint density at radius 3 is 0.707 bits per heavy atom. The van der Waals surface area contributed by atoms with Crippen LogP contribution in [-0.2, 0) is 75.8 Å². The van der Waals surface area contributed by atoms with E-state index in [1.165, 1.54) is 23.5 Å². The average molecular weight is 1310 g/mol. The van der Waals surface area contributed by atoms with E-state index in [1.54, 1.807) is 54.2 Å². The van der Waals surface area contributed by atoms with Crippen LogP contribution in [0.5, 0.6) is 0 Å². The van der Waals surface area contributed by atoms with E-state index in [1.807, 2.05) is 0 Å². The van der Waals surface area contributed by atoms with Crippen LogP contribution in [0.15, 0.2) is 0 Å². The highest BCUT2D eigenvalue weighted by Crippen LogP contribution is 2.09. The van der Waals surface area contributed by atoms with Gasteiger partial charge in [-0.05, 0) is 0 Å². The van der Waals surface area contributed by atoms with Gasteiger partial charge in [-0.15, -0.1) is 0 Å². The van der Waals surface area contributed by atoms with Gasteiger partial charge in [0.15, 0.2) is 0 Å². The number of aliphatic hydroxyl groups is 8. The predicted octanol–water partition coefficient (Wildman–Crippen LogP) is -0.200. The molecule has 0 bridgehead atoms. The number of rotatable bonds is 72. The maximum atomic E-state index is 10.7. The summed E-state index contributed by atoms with van der Waals surface area (Å²) in [7, 11) is 1.61. The summed E-state index contributed by atoms with van der Waals surface area (Å²) in [6.07, 6.45) is -4.38. The fourth-order valence-corrected chi connectivity index (χ4v) is 10.4. The molecule has 0 aromatic heterocycles. The van der Waals surface area contributed by atoms with E-state index in [0.29, 0.717) is 179 Å². The largest absolute Gasteiger partial charge is 0.394 e. The van der Waals surface area contributed by atoms with Gasteiger partial charge in [0, 0.05) is 76.1 Å². The molecule has 0 rings (SSSR count). The lowest BCUT2D eigenvalue weighted by molar-refractivity contribution is -0.0900. The van der Waals surface area contributed by atoms with Crippen molar-refractivity contribution in [3.05, 3.63) is 0 Å². The van der Waals surface area contributed by atoms with Crippen molar-refractivity contribution >= 4 is 70.6 Å². The molecule has 0 saturated carbocycles. The molecule has 0 heterocycles. The van der Waals surface area contributed by atoms with Gasteiger partial charge < -0.3 is 117 Å². The van der Waals surface area contributed by atoms with E-state index < -0.39 is 42.7 Å². The molecule has 0 radical (unpaired) electrons. The molecule has 0 aliphatic carbocycles. The molecule has 82 heavy (non-hydrogen) atoms. The number of methoxy groups -OCH3 is 1. The maximum absolute atomic E-state index is 10.7. The molecule has 0 aromatic carbocycles. The van der Waals surface area contributed by atoms with Crippen molar-refractivity contribution in [2.75, 3.05) is 288 Å². The summed E-state index contributed by atoms with van der Waals surface area (Å²) >= 11 is 9.37. The number of aliphatic hydroxyl groups excluding tert-OH is 8. The zero-order chi connectivity index (χ0) is 59.7. The lowest BCUT2D eigenvalue weighted by Crippen LogP contribution is -2.31. The summed E-state index contributed by atoms with van der Waals surface area (Å²) in [4.78, 5) is 0. The average Bonchev–Trinajstić information content (AvgIpc) is 3.47. The van der Waals surface area contributed by atoms with Crippen LogP contribution in [0.25, 0.3) is 0 Å². The van der Waals surface area contributed by atoms with Crippen LogP contribution < -0.4 is 0 Å². The topological polar surface area (TPSA) is 310 Å². The molecule has 0 fully saturated rings. The Labute approximate surface area is 514 Å². The molecule has 494 valence electrons. The highest BCUT2D eigenvalue weighted by Gasteiger charge is 2.15. The molecule has 24 nitrogen and oxygen atoms in total. The number of ether oxygens (including phenoxy) is 16. The minimum atomic E-state index is -0.720. The summed E-state index contributed by atoms with van der Waals surface area (Å²) in [5, 5.41) is 77.6. The fourth-order valence-electron chi connectivity index (χ4n) is 5.80. The van der Waals surface area contributed by atoms with E-state index >= 15 is 0 Å². The quantitative estimate of drug-likeness (QED) is 0.0366. The van der Waals surface area contributed by atoms with Crippen molar-refractivity contribution in [2.24, 2.45) is 0 Å². The zero-order valence-corrected chi connectivity index (χ0v) is 53.6. The van der Waals surface area contributed by atoms with Crippen molar-refractivity contribution in [2.45, 2.75) is 42.7 Å². The molecule has 0 aliphatic rings. The zero-order valence-electron chi connectivity index (χ0n) is 48.7. The summed E-state index contributed by atoms with van der Waals surface area (Å²) in [6, 6.07) is 0.